The minimum absolute atomic E-state index is 0. The maximum Gasteiger partial charge on any atom is 0.234 e. The first kappa shape index (κ1) is 26.4. The number of nitrogens with one attached hydrogen (secondary N) is 2. The van der Waals surface area contributed by atoms with Crippen LogP contribution in [0.1, 0.15) is 26.3 Å². The third kappa shape index (κ3) is 7.93. The molecule has 0 bridgehead atoms. The Bertz CT molecular complexity index is 877. The summed E-state index contributed by atoms with van der Waals surface area (Å²) in [5, 5.41) is 11.5. The van der Waals surface area contributed by atoms with E-state index < -0.39 is 0 Å². The highest BCUT2D eigenvalue weighted by atomic mass is 127. The lowest BCUT2D eigenvalue weighted by molar-refractivity contribution is -0.123. The number of carbonyl (C=O) groups is 1. The molecular weight excluding hydrogens is 541 g/mol. The molecule has 1 fully saturated rings. The van der Waals surface area contributed by atoms with Crippen LogP contribution in [0.15, 0.2) is 41.7 Å². The molecule has 1 aliphatic rings. The van der Waals surface area contributed by atoms with Crippen molar-refractivity contribution in [3.05, 3.63) is 47.2 Å². The quantitative estimate of drug-likeness (QED) is 0.303. The Kier molecular flexibility index (Phi) is 10.7. The zero-order valence-corrected chi connectivity index (χ0v) is 22.0. The van der Waals surface area contributed by atoms with Gasteiger partial charge >= 0.3 is 0 Å². The Morgan fingerprint density at radius 2 is 1.88 bits per heavy atom. The van der Waals surface area contributed by atoms with Crippen LogP contribution in [0.5, 0.6) is 0 Å². The minimum atomic E-state index is 0. The van der Waals surface area contributed by atoms with E-state index in [0.717, 1.165) is 49.9 Å². The molecule has 1 aromatic carbocycles. The van der Waals surface area contributed by atoms with Crippen molar-refractivity contribution in [2.24, 2.45) is 4.99 Å². The average molecular weight is 574 g/mol. The number of amides is 1. The fourth-order valence-electron chi connectivity index (χ4n) is 3.46. The van der Waals surface area contributed by atoms with Crippen molar-refractivity contribution in [1.29, 1.82) is 0 Å². The SMILES string of the molecule is CCNC(=NCc1cnn(-c2ccc(Cl)cc2)c1)N1CCN(CC(=O)NC(C)C)CC1.I. The Balaban J connectivity index is 0.00000363. The minimum Gasteiger partial charge on any atom is -0.357 e. The second kappa shape index (κ2) is 13.0. The van der Waals surface area contributed by atoms with Crippen LogP contribution >= 0.6 is 35.6 Å². The molecule has 0 radical (unpaired) electrons. The molecule has 0 saturated carbocycles. The summed E-state index contributed by atoms with van der Waals surface area (Å²) >= 11 is 5.96. The molecular formula is C22H33ClIN7O. The average Bonchev–Trinajstić information content (AvgIpc) is 3.21. The predicted octanol–water partition coefficient (Wildman–Crippen LogP) is 2.75. The van der Waals surface area contributed by atoms with Gasteiger partial charge in [-0.3, -0.25) is 9.69 Å². The molecule has 1 aromatic heterocycles. The number of hydrogen-bond donors (Lipinski definition) is 2. The van der Waals surface area contributed by atoms with Gasteiger partial charge in [-0.25, -0.2) is 9.67 Å². The monoisotopic (exact) mass is 573 g/mol. The zero-order chi connectivity index (χ0) is 22.2. The van der Waals surface area contributed by atoms with E-state index in [4.69, 9.17) is 16.6 Å². The number of halogens is 2. The summed E-state index contributed by atoms with van der Waals surface area (Å²) in [6, 6.07) is 7.75. The molecule has 176 valence electrons. The van der Waals surface area contributed by atoms with Gasteiger partial charge in [-0.15, -0.1) is 24.0 Å². The van der Waals surface area contributed by atoms with Crippen molar-refractivity contribution >= 4 is 47.4 Å². The number of piperazine rings is 1. The normalized spacial score (nSPS) is 14.9. The summed E-state index contributed by atoms with van der Waals surface area (Å²) in [6.07, 6.45) is 3.83. The molecule has 1 saturated heterocycles. The van der Waals surface area contributed by atoms with Gasteiger partial charge in [0.15, 0.2) is 5.96 Å². The predicted molar refractivity (Wildman–Crippen MR) is 140 cm³/mol. The molecule has 0 spiro atoms. The molecule has 2 N–H and O–H groups in total. The maximum absolute atomic E-state index is 12.0. The number of aliphatic imine (C=N–C) groups is 1. The first-order valence-electron chi connectivity index (χ1n) is 10.8. The van der Waals surface area contributed by atoms with Crippen molar-refractivity contribution < 1.29 is 4.79 Å². The second-order valence-corrected chi connectivity index (χ2v) is 8.36. The Morgan fingerprint density at radius 1 is 1.19 bits per heavy atom. The number of aromatic nitrogens is 2. The van der Waals surface area contributed by atoms with Gasteiger partial charge in [0.2, 0.25) is 5.91 Å². The van der Waals surface area contributed by atoms with Crippen molar-refractivity contribution in [3.63, 3.8) is 0 Å². The molecule has 1 aliphatic heterocycles. The van der Waals surface area contributed by atoms with Gasteiger partial charge in [0.1, 0.15) is 0 Å². The molecule has 2 heterocycles. The molecule has 0 atom stereocenters. The van der Waals surface area contributed by atoms with Gasteiger partial charge in [0, 0.05) is 55.5 Å². The molecule has 2 aromatic rings. The topological polar surface area (TPSA) is 77.8 Å². The largest absolute Gasteiger partial charge is 0.357 e. The highest BCUT2D eigenvalue weighted by Crippen LogP contribution is 2.14. The van der Waals surface area contributed by atoms with E-state index in [1.165, 1.54) is 0 Å². The fraction of sp³-hybridized carbons (Fsp3) is 0.500. The highest BCUT2D eigenvalue weighted by Gasteiger charge is 2.21. The van der Waals surface area contributed by atoms with Gasteiger partial charge in [0.05, 0.1) is 25.0 Å². The van der Waals surface area contributed by atoms with Crippen LogP contribution in [0, 0.1) is 0 Å². The van der Waals surface area contributed by atoms with E-state index in [2.05, 4.69) is 32.5 Å². The molecule has 32 heavy (non-hydrogen) atoms. The van der Waals surface area contributed by atoms with Crippen LogP contribution in [-0.2, 0) is 11.3 Å². The zero-order valence-electron chi connectivity index (χ0n) is 18.9. The standard InChI is InChI=1S/C22H32ClN7O.HI/c1-4-24-22(29-11-9-28(10-12-29)16-21(31)27-17(2)3)25-13-18-14-26-30(15-18)20-7-5-19(23)6-8-20;/h5-8,14-15,17H,4,9-13,16H2,1-3H3,(H,24,25)(H,27,31);1H. The van der Waals surface area contributed by atoms with E-state index >= 15 is 0 Å². The van der Waals surface area contributed by atoms with Gasteiger partial charge < -0.3 is 15.5 Å². The van der Waals surface area contributed by atoms with Gasteiger partial charge in [-0.2, -0.15) is 5.10 Å². The van der Waals surface area contributed by atoms with Crippen LogP contribution in [0.4, 0.5) is 0 Å². The third-order valence-corrected chi connectivity index (χ3v) is 5.21. The Morgan fingerprint density at radius 3 is 2.50 bits per heavy atom. The molecule has 10 heteroatoms. The summed E-state index contributed by atoms with van der Waals surface area (Å²) in [6.45, 7) is 11.2. The summed E-state index contributed by atoms with van der Waals surface area (Å²) < 4.78 is 1.83. The van der Waals surface area contributed by atoms with E-state index in [1.54, 1.807) is 0 Å². The van der Waals surface area contributed by atoms with Gasteiger partial charge in [-0.05, 0) is 45.0 Å². The van der Waals surface area contributed by atoms with Crippen molar-refractivity contribution in [2.45, 2.75) is 33.4 Å². The number of hydrogen-bond acceptors (Lipinski definition) is 4. The van der Waals surface area contributed by atoms with Crippen molar-refractivity contribution in [2.75, 3.05) is 39.3 Å². The molecule has 3 rings (SSSR count). The summed E-state index contributed by atoms with van der Waals surface area (Å²) in [5.74, 6) is 0.981. The number of benzene rings is 1. The van der Waals surface area contributed by atoms with Crippen LogP contribution in [0.2, 0.25) is 5.02 Å². The van der Waals surface area contributed by atoms with Crippen LogP contribution in [-0.4, -0.2) is 76.8 Å². The number of nitrogens with zero attached hydrogens (tertiary/aromatic N) is 5. The van der Waals surface area contributed by atoms with E-state index in [1.807, 2.05) is 55.2 Å². The number of carbonyl (C=O) groups excluding carboxylic acids is 1. The van der Waals surface area contributed by atoms with Crippen LogP contribution in [0.25, 0.3) is 5.69 Å². The van der Waals surface area contributed by atoms with Gasteiger partial charge in [0.25, 0.3) is 0 Å². The van der Waals surface area contributed by atoms with Gasteiger partial charge in [-0.1, -0.05) is 11.6 Å². The fourth-order valence-corrected chi connectivity index (χ4v) is 3.58. The maximum atomic E-state index is 12.0. The van der Waals surface area contributed by atoms with Crippen LogP contribution in [0.3, 0.4) is 0 Å². The molecule has 8 nitrogen and oxygen atoms in total. The molecule has 0 aliphatic carbocycles. The summed E-state index contributed by atoms with van der Waals surface area (Å²) in [5.41, 5.74) is 2.00. The lowest BCUT2D eigenvalue weighted by atomic mass is 10.3. The van der Waals surface area contributed by atoms with E-state index in [0.29, 0.717) is 18.1 Å². The number of rotatable bonds is 7. The summed E-state index contributed by atoms with van der Waals surface area (Å²) in [7, 11) is 0. The van der Waals surface area contributed by atoms with E-state index in [-0.39, 0.29) is 35.9 Å². The lowest BCUT2D eigenvalue weighted by Gasteiger charge is -2.36. The van der Waals surface area contributed by atoms with E-state index in [9.17, 15) is 4.79 Å². The van der Waals surface area contributed by atoms with Crippen molar-refractivity contribution in [3.8, 4) is 5.69 Å². The van der Waals surface area contributed by atoms with Crippen molar-refractivity contribution in [1.82, 2.24) is 30.2 Å². The molecule has 0 unspecified atom stereocenters. The smallest absolute Gasteiger partial charge is 0.234 e. The third-order valence-electron chi connectivity index (χ3n) is 4.96. The highest BCUT2D eigenvalue weighted by molar-refractivity contribution is 14.0. The molecule has 1 amide bonds. The number of guanidine groups is 1. The summed E-state index contributed by atoms with van der Waals surface area (Å²) in [4.78, 5) is 21.3. The lowest BCUT2D eigenvalue weighted by Crippen LogP contribution is -2.54. The first-order chi connectivity index (χ1) is 14.9. The van der Waals surface area contributed by atoms with Crippen LogP contribution < -0.4 is 10.6 Å². The Hall–Kier alpha value is -1.85. The Labute approximate surface area is 212 Å². The second-order valence-electron chi connectivity index (χ2n) is 7.93. The first-order valence-corrected chi connectivity index (χ1v) is 11.2.